The second-order valence-corrected chi connectivity index (χ2v) is 7.34. The van der Waals surface area contributed by atoms with Crippen LogP contribution in [0.5, 0.6) is 11.6 Å². The number of halogens is 1. The third kappa shape index (κ3) is 4.05. The van der Waals surface area contributed by atoms with Gasteiger partial charge in [-0.2, -0.15) is 10.4 Å². The highest BCUT2D eigenvalue weighted by molar-refractivity contribution is 6.32. The number of hydrogen-bond donors (Lipinski definition) is 0. The molecule has 0 bridgehead atoms. The van der Waals surface area contributed by atoms with E-state index in [1.54, 1.807) is 12.3 Å². The van der Waals surface area contributed by atoms with Crippen molar-refractivity contribution < 1.29 is 4.74 Å². The first kappa shape index (κ1) is 19.7. The summed E-state index contributed by atoms with van der Waals surface area (Å²) in [6.07, 6.45) is 1.80. The van der Waals surface area contributed by atoms with Crippen LogP contribution in [0.25, 0.3) is 11.1 Å². The van der Waals surface area contributed by atoms with Gasteiger partial charge in [-0.1, -0.05) is 41.9 Å². The molecule has 0 atom stereocenters. The van der Waals surface area contributed by atoms with E-state index in [-0.39, 0.29) is 0 Å². The smallest absolute Gasteiger partial charge is 0.219 e. The quantitative estimate of drug-likeness (QED) is 0.406. The lowest BCUT2D eigenvalue weighted by Crippen LogP contribution is -2.04. The first-order valence-electron chi connectivity index (χ1n) is 9.47. The van der Waals surface area contributed by atoms with Crippen molar-refractivity contribution in [3.63, 3.8) is 0 Å². The van der Waals surface area contributed by atoms with Crippen molar-refractivity contribution in [2.75, 3.05) is 0 Å². The molecule has 0 aliphatic heterocycles. The molecule has 4 rings (SSSR count). The summed E-state index contributed by atoms with van der Waals surface area (Å²) in [5, 5.41) is 14.2. The Morgan fingerprint density at radius 3 is 2.53 bits per heavy atom. The van der Waals surface area contributed by atoms with Crippen molar-refractivity contribution in [2.24, 2.45) is 0 Å². The Bertz CT molecular complexity index is 1220. The standard InChI is InChI=1S/C24H19ClN4O/c1-16-24(19-9-10-20(13-26)22(25)12-19)17(2)29(28-16)15-18-8-11-23(27-14-18)30-21-6-4-3-5-7-21/h3-12,14H,15H2,1-2H3. The fourth-order valence-electron chi connectivity index (χ4n) is 3.38. The molecule has 2 aromatic carbocycles. The molecule has 0 fully saturated rings. The molecule has 0 N–H and O–H groups in total. The average Bonchev–Trinajstić information content (AvgIpc) is 3.03. The van der Waals surface area contributed by atoms with Crippen LogP contribution in [0, 0.1) is 25.2 Å². The van der Waals surface area contributed by atoms with Gasteiger partial charge in [-0.05, 0) is 49.2 Å². The fourth-order valence-corrected chi connectivity index (χ4v) is 3.60. The zero-order chi connectivity index (χ0) is 21.1. The van der Waals surface area contributed by atoms with Crippen molar-refractivity contribution in [1.82, 2.24) is 14.8 Å². The molecule has 2 aromatic heterocycles. The van der Waals surface area contributed by atoms with Crippen LogP contribution in [0.1, 0.15) is 22.5 Å². The van der Waals surface area contributed by atoms with Crippen molar-refractivity contribution in [1.29, 1.82) is 5.26 Å². The Balaban J connectivity index is 1.55. The summed E-state index contributed by atoms with van der Waals surface area (Å²) in [4.78, 5) is 4.41. The topological polar surface area (TPSA) is 63.7 Å². The van der Waals surface area contributed by atoms with E-state index in [0.29, 0.717) is 23.0 Å². The van der Waals surface area contributed by atoms with E-state index in [0.717, 1.165) is 33.8 Å². The third-order valence-corrected chi connectivity index (χ3v) is 5.17. The van der Waals surface area contributed by atoms with Crippen LogP contribution in [-0.2, 0) is 6.54 Å². The number of benzene rings is 2. The first-order chi connectivity index (χ1) is 14.5. The lowest BCUT2D eigenvalue weighted by molar-refractivity contribution is 0.462. The molecular formula is C24H19ClN4O. The number of aromatic nitrogens is 3. The number of nitriles is 1. The van der Waals surface area contributed by atoms with E-state index in [1.165, 1.54) is 0 Å². The summed E-state index contributed by atoms with van der Waals surface area (Å²) in [7, 11) is 0. The van der Waals surface area contributed by atoms with Gasteiger partial charge in [-0.25, -0.2) is 4.98 Å². The second-order valence-electron chi connectivity index (χ2n) is 6.93. The van der Waals surface area contributed by atoms with Gasteiger partial charge in [0.05, 0.1) is 22.8 Å². The molecule has 0 aliphatic carbocycles. The summed E-state index contributed by atoms with van der Waals surface area (Å²) in [5.41, 5.74) is 5.39. The monoisotopic (exact) mass is 414 g/mol. The first-order valence-corrected chi connectivity index (χ1v) is 9.85. The maximum absolute atomic E-state index is 9.09. The molecule has 0 spiro atoms. The van der Waals surface area contributed by atoms with E-state index < -0.39 is 0 Å². The molecule has 0 radical (unpaired) electrons. The summed E-state index contributed by atoms with van der Waals surface area (Å²) in [5.74, 6) is 1.30. The highest BCUT2D eigenvalue weighted by Gasteiger charge is 2.15. The SMILES string of the molecule is Cc1nn(Cc2ccc(Oc3ccccc3)nc2)c(C)c1-c1ccc(C#N)c(Cl)c1. The second kappa shape index (κ2) is 8.40. The van der Waals surface area contributed by atoms with Gasteiger partial charge < -0.3 is 4.74 Å². The Morgan fingerprint density at radius 1 is 1.07 bits per heavy atom. The van der Waals surface area contributed by atoms with E-state index in [2.05, 4.69) is 11.1 Å². The van der Waals surface area contributed by atoms with Gasteiger partial charge >= 0.3 is 0 Å². The van der Waals surface area contributed by atoms with Gasteiger partial charge in [0.1, 0.15) is 11.8 Å². The van der Waals surface area contributed by atoms with Gasteiger partial charge in [0.25, 0.3) is 0 Å². The van der Waals surface area contributed by atoms with Crippen LogP contribution in [0.15, 0.2) is 66.9 Å². The highest BCUT2D eigenvalue weighted by Crippen LogP contribution is 2.30. The number of nitrogens with zero attached hydrogens (tertiary/aromatic N) is 4. The highest BCUT2D eigenvalue weighted by atomic mass is 35.5. The number of para-hydroxylation sites is 1. The molecule has 148 valence electrons. The van der Waals surface area contributed by atoms with Crippen LogP contribution in [0.4, 0.5) is 0 Å². The maximum Gasteiger partial charge on any atom is 0.219 e. The number of rotatable bonds is 5. The Morgan fingerprint density at radius 2 is 1.87 bits per heavy atom. The maximum atomic E-state index is 9.09. The van der Waals surface area contributed by atoms with Gasteiger partial charge in [-0.3, -0.25) is 4.68 Å². The van der Waals surface area contributed by atoms with Crippen LogP contribution < -0.4 is 4.74 Å². The van der Waals surface area contributed by atoms with Crippen molar-refractivity contribution in [2.45, 2.75) is 20.4 Å². The molecule has 0 aliphatic rings. The zero-order valence-electron chi connectivity index (χ0n) is 16.6. The van der Waals surface area contributed by atoms with Crippen molar-refractivity contribution in [3.8, 4) is 28.8 Å². The van der Waals surface area contributed by atoms with Crippen LogP contribution in [0.2, 0.25) is 5.02 Å². The fraction of sp³-hybridized carbons (Fsp3) is 0.125. The van der Waals surface area contributed by atoms with Gasteiger partial charge in [-0.15, -0.1) is 0 Å². The molecule has 4 aromatic rings. The molecule has 5 nitrogen and oxygen atoms in total. The van der Waals surface area contributed by atoms with Crippen LogP contribution in [-0.4, -0.2) is 14.8 Å². The predicted molar refractivity (Wildman–Crippen MR) is 117 cm³/mol. The number of pyridine rings is 1. The van der Waals surface area contributed by atoms with Crippen LogP contribution in [0.3, 0.4) is 0 Å². The molecular weight excluding hydrogens is 396 g/mol. The molecule has 6 heteroatoms. The minimum Gasteiger partial charge on any atom is -0.439 e. The Hall–Kier alpha value is -3.62. The largest absolute Gasteiger partial charge is 0.439 e. The summed E-state index contributed by atoms with van der Waals surface area (Å²) >= 11 is 6.22. The van der Waals surface area contributed by atoms with E-state index in [1.807, 2.05) is 73.1 Å². The van der Waals surface area contributed by atoms with E-state index in [4.69, 9.17) is 26.7 Å². The zero-order valence-corrected chi connectivity index (χ0v) is 17.4. The molecule has 0 saturated heterocycles. The summed E-state index contributed by atoms with van der Waals surface area (Å²) < 4.78 is 7.70. The van der Waals surface area contributed by atoms with E-state index >= 15 is 0 Å². The van der Waals surface area contributed by atoms with Gasteiger partial charge in [0.2, 0.25) is 5.88 Å². The van der Waals surface area contributed by atoms with Crippen molar-refractivity contribution >= 4 is 11.6 Å². The van der Waals surface area contributed by atoms with E-state index in [9.17, 15) is 0 Å². The minimum absolute atomic E-state index is 0.444. The van der Waals surface area contributed by atoms with Gasteiger partial charge in [0, 0.05) is 23.5 Å². The van der Waals surface area contributed by atoms with Crippen molar-refractivity contribution in [3.05, 3.63) is 94.4 Å². The average molecular weight is 415 g/mol. The lowest BCUT2D eigenvalue weighted by Gasteiger charge is -2.08. The Kier molecular flexibility index (Phi) is 5.51. The molecule has 0 amide bonds. The predicted octanol–water partition coefficient (Wildman–Crippen LogP) is 5.93. The van der Waals surface area contributed by atoms with Crippen LogP contribution >= 0.6 is 11.6 Å². The molecule has 2 heterocycles. The van der Waals surface area contributed by atoms with Gasteiger partial charge in [0.15, 0.2) is 0 Å². The number of aryl methyl sites for hydroxylation is 1. The molecule has 30 heavy (non-hydrogen) atoms. The number of ether oxygens (including phenoxy) is 1. The molecule has 0 unspecified atom stereocenters. The normalized spacial score (nSPS) is 10.6. The summed E-state index contributed by atoms with van der Waals surface area (Å²) in [6, 6.07) is 21.0. The lowest BCUT2D eigenvalue weighted by atomic mass is 10.0. The summed E-state index contributed by atoms with van der Waals surface area (Å²) in [6.45, 7) is 4.59. The Labute approximate surface area is 180 Å². The number of hydrogen-bond acceptors (Lipinski definition) is 4. The molecule has 0 saturated carbocycles. The third-order valence-electron chi connectivity index (χ3n) is 4.86. The minimum atomic E-state index is 0.444.